The zero-order valence-corrected chi connectivity index (χ0v) is 9.24. The topological polar surface area (TPSA) is 59.0 Å². The van der Waals surface area contributed by atoms with Gasteiger partial charge in [-0.25, -0.2) is 0 Å². The van der Waals surface area contributed by atoms with Gasteiger partial charge >= 0.3 is 0 Å². The van der Waals surface area contributed by atoms with Gasteiger partial charge in [0.25, 0.3) is 0 Å². The van der Waals surface area contributed by atoms with Crippen LogP contribution in [0.4, 0.5) is 0 Å². The highest BCUT2D eigenvalue weighted by atomic mass is 16.2. The fraction of sp³-hybridized carbons (Fsp3) is 0.600. The molecule has 1 aromatic rings. The first-order chi connectivity index (χ1) is 7.08. The Morgan fingerprint density at radius 2 is 2.33 bits per heavy atom. The molecule has 2 unspecified atom stereocenters. The molecule has 15 heavy (non-hydrogen) atoms. The van der Waals surface area contributed by atoms with Gasteiger partial charge in [-0.3, -0.25) is 14.8 Å². The van der Waals surface area contributed by atoms with Crippen LogP contribution in [0, 0.1) is 6.92 Å². The zero-order valence-electron chi connectivity index (χ0n) is 9.24. The van der Waals surface area contributed by atoms with Crippen LogP contribution < -0.4 is 10.6 Å². The number of aromatic nitrogens is 2. The normalized spacial score (nSPS) is 26.5. The van der Waals surface area contributed by atoms with Crippen LogP contribution in [-0.4, -0.2) is 28.3 Å². The second-order valence-electron chi connectivity index (χ2n) is 4.06. The third kappa shape index (κ3) is 1.87. The van der Waals surface area contributed by atoms with E-state index in [9.17, 15) is 4.79 Å². The van der Waals surface area contributed by atoms with E-state index in [1.54, 1.807) is 4.68 Å². The van der Waals surface area contributed by atoms with E-state index in [-0.39, 0.29) is 18.0 Å². The molecule has 2 N–H and O–H groups in total. The van der Waals surface area contributed by atoms with Gasteiger partial charge in [-0.05, 0) is 19.4 Å². The minimum absolute atomic E-state index is 0.0554. The summed E-state index contributed by atoms with van der Waals surface area (Å²) >= 11 is 0. The minimum Gasteiger partial charge on any atom is -0.353 e. The molecule has 5 heteroatoms. The summed E-state index contributed by atoms with van der Waals surface area (Å²) in [5.41, 5.74) is 2.17. The van der Waals surface area contributed by atoms with E-state index in [1.807, 2.05) is 27.1 Å². The van der Waals surface area contributed by atoms with Crippen molar-refractivity contribution in [2.75, 3.05) is 6.54 Å². The monoisotopic (exact) mass is 208 g/mol. The van der Waals surface area contributed by atoms with E-state index >= 15 is 0 Å². The zero-order chi connectivity index (χ0) is 11.0. The van der Waals surface area contributed by atoms with Crippen molar-refractivity contribution in [1.29, 1.82) is 0 Å². The number of hydrogen-bond donors (Lipinski definition) is 2. The Hall–Kier alpha value is -1.36. The Morgan fingerprint density at radius 1 is 1.60 bits per heavy atom. The molecule has 0 aliphatic carbocycles. The molecule has 0 aromatic carbocycles. The number of nitrogens with one attached hydrogen (secondary N) is 2. The fourth-order valence-corrected chi connectivity index (χ4v) is 1.94. The molecule has 1 fully saturated rings. The third-order valence-corrected chi connectivity index (χ3v) is 2.70. The van der Waals surface area contributed by atoms with Crippen LogP contribution >= 0.6 is 0 Å². The maximum absolute atomic E-state index is 11.3. The molecule has 1 aliphatic rings. The Bertz CT molecular complexity index is 385. The van der Waals surface area contributed by atoms with E-state index in [0.29, 0.717) is 6.54 Å². The molecule has 0 radical (unpaired) electrons. The van der Waals surface area contributed by atoms with Crippen LogP contribution in [0.2, 0.25) is 0 Å². The summed E-state index contributed by atoms with van der Waals surface area (Å²) in [5.74, 6) is 0.0554. The summed E-state index contributed by atoms with van der Waals surface area (Å²) in [6.07, 6.45) is 1.98. The molecule has 2 rings (SSSR count). The fourth-order valence-electron chi connectivity index (χ4n) is 1.94. The standard InChI is InChI=1S/C10H16N4O/c1-6-5-14(3)13-9(6)8-4-11-10(15)7(2)12-8/h5,7-8,12H,4H2,1-3H3,(H,11,15). The first kappa shape index (κ1) is 10.2. The molecule has 82 valence electrons. The molecule has 1 aromatic heterocycles. The predicted octanol–water partition coefficient (Wildman–Crippen LogP) is -0.122. The highest BCUT2D eigenvalue weighted by Gasteiger charge is 2.27. The molecule has 0 saturated carbocycles. The van der Waals surface area contributed by atoms with Crippen molar-refractivity contribution in [3.05, 3.63) is 17.5 Å². The third-order valence-electron chi connectivity index (χ3n) is 2.70. The lowest BCUT2D eigenvalue weighted by atomic mass is 10.1. The molecular weight excluding hydrogens is 192 g/mol. The van der Waals surface area contributed by atoms with Gasteiger partial charge in [0.2, 0.25) is 5.91 Å². The van der Waals surface area contributed by atoms with Gasteiger partial charge in [-0.2, -0.15) is 5.10 Å². The van der Waals surface area contributed by atoms with Crippen molar-refractivity contribution >= 4 is 5.91 Å². The van der Waals surface area contributed by atoms with Gasteiger partial charge in [-0.1, -0.05) is 0 Å². The van der Waals surface area contributed by atoms with Crippen LogP contribution in [-0.2, 0) is 11.8 Å². The smallest absolute Gasteiger partial charge is 0.236 e. The van der Waals surface area contributed by atoms with Crippen molar-refractivity contribution in [2.45, 2.75) is 25.9 Å². The van der Waals surface area contributed by atoms with Crippen molar-refractivity contribution in [1.82, 2.24) is 20.4 Å². The summed E-state index contributed by atoms with van der Waals surface area (Å²) in [6.45, 7) is 4.51. The highest BCUT2D eigenvalue weighted by molar-refractivity contribution is 5.82. The molecule has 2 heterocycles. The lowest BCUT2D eigenvalue weighted by molar-refractivity contribution is -0.124. The summed E-state index contributed by atoms with van der Waals surface area (Å²) in [7, 11) is 1.90. The molecule has 5 nitrogen and oxygen atoms in total. The van der Waals surface area contributed by atoms with Crippen molar-refractivity contribution < 1.29 is 4.79 Å². The van der Waals surface area contributed by atoms with Gasteiger partial charge in [-0.15, -0.1) is 0 Å². The number of piperazine rings is 1. The van der Waals surface area contributed by atoms with Crippen LogP contribution in [0.1, 0.15) is 24.2 Å². The van der Waals surface area contributed by atoms with Gasteiger partial charge in [0.1, 0.15) is 0 Å². The Labute approximate surface area is 88.8 Å². The van der Waals surface area contributed by atoms with Crippen molar-refractivity contribution in [3.63, 3.8) is 0 Å². The van der Waals surface area contributed by atoms with Crippen LogP contribution in [0.15, 0.2) is 6.20 Å². The molecular formula is C10H16N4O. The Balaban J connectivity index is 2.18. The Kier molecular flexibility index (Phi) is 2.48. The molecule has 0 spiro atoms. The second kappa shape index (κ2) is 3.66. The van der Waals surface area contributed by atoms with Crippen molar-refractivity contribution in [3.8, 4) is 0 Å². The average molecular weight is 208 g/mol. The number of carbonyl (C=O) groups is 1. The van der Waals surface area contributed by atoms with Gasteiger partial charge in [0.15, 0.2) is 0 Å². The number of hydrogen-bond acceptors (Lipinski definition) is 3. The molecule has 0 bridgehead atoms. The minimum atomic E-state index is -0.148. The summed E-state index contributed by atoms with van der Waals surface area (Å²) in [4.78, 5) is 11.3. The molecule has 1 amide bonds. The molecule has 1 aliphatic heterocycles. The maximum atomic E-state index is 11.3. The molecule has 2 atom stereocenters. The highest BCUT2D eigenvalue weighted by Crippen LogP contribution is 2.17. The maximum Gasteiger partial charge on any atom is 0.236 e. The summed E-state index contributed by atoms with van der Waals surface area (Å²) < 4.78 is 1.80. The number of amides is 1. The van der Waals surface area contributed by atoms with Crippen LogP contribution in [0.5, 0.6) is 0 Å². The Morgan fingerprint density at radius 3 is 2.87 bits per heavy atom. The van der Waals surface area contributed by atoms with E-state index in [1.165, 1.54) is 0 Å². The van der Waals surface area contributed by atoms with E-state index in [4.69, 9.17) is 0 Å². The second-order valence-corrected chi connectivity index (χ2v) is 4.06. The lowest BCUT2D eigenvalue weighted by Gasteiger charge is -2.28. The van der Waals surface area contributed by atoms with E-state index in [2.05, 4.69) is 15.7 Å². The van der Waals surface area contributed by atoms with Gasteiger partial charge in [0, 0.05) is 19.8 Å². The largest absolute Gasteiger partial charge is 0.353 e. The number of rotatable bonds is 1. The van der Waals surface area contributed by atoms with Crippen molar-refractivity contribution in [2.24, 2.45) is 7.05 Å². The number of aryl methyl sites for hydroxylation is 2. The quantitative estimate of drug-likeness (QED) is 0.676. The lowest BCUT2D eigenvalue weighted by Crippen LogP contribution is -2.53. The van der Waals surface area contributed by atoms with E-state index in [0.717, 1.165) is 11.3 Å². The van der Waals surface area contributed by atoms with E-state index < -0.39 is 0 Å². The van der Waals surface area contributed by atoms with Crippen LogP contribution in [0.3, 0.4) is 0 Å². The van der Waals surface area contributed by atoms with Crippen LogP contribution in [0.25, 0.3) is 0 Å². The SMILES string of the molecule is Cc1cn(C)nc1C1CNC(=O)C(C)N1. The summed E-state index contributed by atoms with van der Waals surface area (Å²) in [6, 6.07) is -0.0240. The van der Waals surface area contributed by atoms with Gasteiger partial charge in [0.05, 0.1) is 17.8 Å². The number of nitrogens with zero attached hydrogens (tertiary/aromatic N) is 2. The summed E-state index contributed by atoms with van der Waals surface area (Å²) in [5, 5.41) is 10.5. The predicted molar refractivity (Wildman–Crippen MR) is 56.3 cm³/mol. The first-order valence-electron chi connectivity index (χ1n) is 5.12. The van der Waals surface area contributed by atoms with Gasteiger partial charge < -0.3 is 5.32 Å². The number of carbonyl (C=O) groups excluding carboxylic acids is 1. The average Bonchev–Trinajstić information content (AvgIpc) is 2.50. The molecule has 1 saturated heterocycles. The first-order valence-corrected chi connectivity index (χ1v) is 5.12.